The van der Waals surface area contributed by atoms with Gasteiger partial charge in [0.1, 0.15) is 23.6 Å². The number of aldehydes is 1. The van der Waals surface area contributed by atoms with E-state index in [1.807, 2.05) is 6.08 Å². The first-order valence-corrected chi connectivity index (χ1v) is 23.7. The molecule has 4 aliphatic rings. The summed E-state index contributed by atoms with van der Waals surface area (Å²) in [6.07, 6.45) is 35.8. The van der Waals surface area contributed by atoms with Crippen LogP contribution in [-0.4, -0.2) is 25.6 Å². The van der Waals surface area contributed by atoms with Crippen LogP contribution in [0, 0.1) is 0 Å². The van der Waals surface area contributed by atoms with Crippen molar-refractivity contribution in [1.29, 1.82) is 0 Å². The van der Waals surface area contributed by atoms with E-state index in [1.165, 1.54) is 83.3 Å². The van der Waals surface area contributed by atoms with Crippen LogP contribution in [0.3, 0.4) is 0 Å². The molecule has 0 bridgehead atoms. The topological polar surface area (TPSA) is 51.9 Å². The second-order valence-electron chi connectivity index (χ2n) is 17.5. The second kappa shape index (κ2) is 21.6. The minimum atomic E-state index is 0.208. The number of allylic oxidation sites excluding steroid dienone is 10. The molecular formula is C57H65NO4. The molecule has 5 nitrogen and oxygen atoms in total. The summed E-state index contributed by atoms with van der Waals surface area (Å²) in [4.78, 5) is 13.8. The van der Waals surface area contributed by atoms with Crippen molar-refractivity contribution in [3.05, 3.63) is 166 Å². The average molecular weight is 828 g/mol. The van der Waals surface area contributed by atoms with Crippen molar-refractivity contribution in [2.24, 2.45) is 0 Å². The molecule has 0 amide bonds. The highest BCUT2D eigenvalue weighted by molar-refractivity contribution is 5.82. The number of rotatable bonds is 20. The molecule has 5 heteroatoms. The Morgan fingerprint density at radius 2 is 1.44 bits per heavy atom. The number of fused-ring (bicyclic) bond motifs is 1. The van der Waals surface area contributed by atoms with Crippen LogP contribution in [0.1, 0.15) is 138 Å². The van der Waals surface area contributed by atoms with Gasteiger partial charge in [-0.2, -0.15) is 0 Å². The molecule has 4 aromatic rings. The third kappa shape index (κ3) is 11.0. The van der Waals surface area contributed by atoms with E-state index in [0.29, 0.717) is 5.92 Å². The molecule has 322 valence electrons. The molecule has 1 aromatic heterocycles. The molecule has 0 N–H and O–H groups in total. The average Bonchev–Trinajstić information content (AvgIpc) is 3.76. The molecule has 4 aliphatic carbocycles. The highest BCUT2D eigenvalue weighted by atomic mass is 16.5. The van der Waals surface area contributed by atoms with Crippen LogP contribution in [0.25, 0.3) is 17.2 Å². The molecule has 0 radical (unpaired) electrons. The number of unbranched alkanes of at least 4 members (excludes halogenated alkanes) is 6. The van der Waals surface area contributed by atoms with E-state index in [2.05, 4.69) is 140 Å². The van der Waals surface area contributed by atoms with Crippen LogP contribution in [0.4, 0.5) is 11.4 Å². The van der Waals surface area contributed by atoms with Crippen molar-refractivity contribution >= 4 is 23.7 Å². The number of anilines is 2. The number of hydrogen-bond donors (Lipinski definition) is 0. The van der Waals surface area contributed by atoms with Crippen LogP contribution in [0.2, 0.25) is 0 Å². The standard InChI is InChI=1S/C57H65NO4/c1-3-5-7-9-37-60-54-33-23-47(24-34-54)45-19-29-52(30-20-45)58(53-31-21-46(22-32-53)48-25-35-55(36-26-48)61-38-10-8-6-4-2)51-27-17-44(18-28-51)43-13-15-49(16-14-43)57-40-50-12-11-42(41-59)39-56(50)62-57/h13-15,17,19-25,27,29-35,39-41,48-49,55H,3-12,16,18,26,28,36-38H2,1-2H3. The van der Waals surface area contributed by atoms with Crippen LogP contribution >= 0.6 is 0 Å². The molecule has 0 aliphatic heterocycles. The quantitative estimate of drug-likeness (QED) is 0.0505. The zero-order valence-corrected chi connectivity index (χ0v) is 37.0. The molecule has 0 saturated heterocycles. The Kier molecular flexibility index (Phi) is 15.1. The number of carbonyl (C=O) groups is 1. The third-order valence-corrected chi connectivity index (χ3v) is 13.1. The van der Waals surface area contributed by atoms with Crippen molar-refractivity contribution in [3.63, 3.8) is 0 Å². The Bertz CT molecular complexity index is 2280. The normalized spacial score (nSPS) is 19.5. The van der Waals surface area contributed by atoms with E-state index in [4.69, 9.17) is 13.9 Å². The number of aryl methyl sites for hydroxylation is 1. The van der Waals surface area contributed by atoms with E-state index in [1.54, 1.807) is 0 Å². The molecule has 3 unspecified atom stereocenters. The van der Waals surface area contributed by atoms with Gasteiger partial charge in [-0.15, -0.1) is 0 Å². The van der Waals surface area contributed by atoms with Gasteiger partial charge in [0.05, 0.1) is 12.7 Å². The summed E-state index contributed by atoms with van der Waals surface area (Å²) in [5.74, 6) is 3.40. The lowest BCUT2D eigenvalue weighted by molar-refractivity contribution is -0.105. The predicted octanol–water partition coefficient (Wildman–Crippen LogP) is 15.2. The van der Waals surface area contributed by atoms with Crippen molar-refractivity contribution in [2.75, 3.05) is 18.1 Å². The molecule has 62 heavy (non-hydrogen) atoms. The molecule has 3 atom stereocenters. The molecule has 0 saturated carbocycles. The van der Waals surface area contributed by atoms with Crippen molar-refractivity contribution in [1.82, 2.24) is 0 Å². The number of nitrogens with zero attached hydrogens (tertiary/aromatic N) is 1. The highest BCUT2D eigenvalue weighted by Gasteiger charge is 2.24. The van der Waals surface area contributed by atoms with Gasteiger partial charge in [-0.1, -0.05) is 125 Å². The van der Waals surface area contributed by atoms with Gasteiger partial charge in [-0.25, -0.2) is 0 Å². The number of hydrogen-bond acceptors (Lipinski definition) is 5. The van der Waals surface area contributed by atoms with Gasteiger partial charge < -0.3 is 18.8 Å². The SMILES string of the molecule is CCCCCCOc1ccc(-c2ccc(N(C3=CC=C(C4=CCC(c5cc6c(o5)C=C(C=O)CC6)C=C4)CC3)c3ccc(C4C=CC(OCCCCCC)CC4)cc3)cc2)cc1. The Hall–Kier alpha value is -5.39. The molecule has 3 aromatic carbocycles. The van der Waals surface area contributed by atoms with E-state index in [9.17, 15) is 4.79 Å². The Balaban J connectivity index is 0.977. The van der Waals surface area contributed by atoms with Crippen molar-refractivity contribution in [3.8, 4) is 16.9 Å². The molecular weight excluding hydrogens is 763 g/mol. The van der Waals surface area contributed by atoms with Gasteiger partial charge in [0.2, 0.25) is 0 Å². The lowest BCUT2D eigenvalue weighted by Crippen LogP contribution is -2.19. The number of benzene rings is 3. The minimum Gasteiger partial charge on any atom is -0.494 e. The van der Waals surface area contributed by atoms with Gasteiger partial charge in [0.25, 0.3) is 0 Å². The smallest absolute Gasteiger partial charge is 0.146 e. The molecule has 8 rings (SSSR count). The van der Waals surface area contributed by atoms with Crippen LogP contribution in [0.15, 0.2) is 148 Å². The van der Waals surface area contributed by atoms with Crippen LogP contribution in [-0.2, 0) is 16.0 Å². The predicted molar refractivity (Wildman–Crippen MR) is 256 cm³/mol. The Labute approximate surface area is 370 Å². The van der Waals surface area contributed by atoms with Gasteiger partial charge in [0.15, 0.2) is 0 Å². The maximum atomic E-state index is 11.3. The summed E-state index contributed by atoms with van der Waals surface area (Å²) in [6.45, 7) is 6.13. The maximum Gasteiger partial charge on any atom is 0.146 e. The fraction of sp³-hybridized carbons (Fsp3) is 0.386. The fourth-order valence-corrected chi connectivity index (χ4v) is 9.29. The Morgan fingerprint density at radius 3 is 2.08 bits per heavy atom. The summed E-state index contributed by atoms with van der Waals surface area (Å²) in [5.41, 5.74) is 12.0. The van der Waals surface area contributed by atoms with Crippen LogP contribution < -0.4 is 9.64 Å². The fourth-order valence-electron chi connectivity index (χ4n) is 9.29. The monoisotopic (exact) mass is 827 g/mol. The van der Waals surface area contributed by atoms with E-state index < -0.39 is 0 Å². The van der Waals surface area contributed by atoms with Gasteiger partial charge >= 0.3 is 0 Å². The molecule has 0 spiro atoms. The molecule has 1 heterocycles. The third-order valence-electron chi connectivity index (χ3n) is 13.1. The summed E-state index contributed by atoms with van der Waals surface area (Å²) < 4.78 is 18.5. The number of furan rings is 1. The van der Waals surface area contributed by atoms with E-state index >= 15 is 0 Å². The zero-order chi connectivity index (χ0) is 42.5. The first-order chi connectivity index (χ1) is 30.6. The molecule has 0 fully saturated rings. The highest BCUT2D eigenvalue weighted by Crippen LogP contribution is 2.40. The van der Waals surface area contributed by atoms with E-state index in [-0.39, 0.29) is 12.0 Å². The first-order valence-electron chi connectivity index (χ1n) is 23.7. The van der Waals surface area contributed by atoms with Crippen molar-refractivity contribution < 1.29 is 18.7 Å². The lowest BCUT2D eigenvalue weighted by atomic mass is 9.87. The minimum absolute atomic E-state index is 0.208. The Morgan fingerprint density at radius 1 is 0.710 bits per heavy atom. The summed E-state index contributed by atoms with van der Waals surface area (Å²) in [7, 11) is 0. The second-order valence-corrected chi connectivity index (χ2v) is 17.5. The summed E-state index contributed by atoms with van der Waals surface area (Å²) in [5, 5.41) is 0. The van der Waals surface area contributed by atoms with Gasteiger partial charge in [-0.3, -0.25) is 4.79 Å². The van der Waals surface area contributed by atoms with Gasteiger partial charge in [0, 0.05) is 35.5 Å². The van der Waals surface area contributed by atoms with Crippen LogP contribution in [0.5, 0.6) is 5.75 Å². The maximum absolute atomic E-state index is 11.3. The number of ether oxygens (including phenoxy) is 2. The van der Waals surface area contributed by atoms with E-state index in [0.717, 1.165) is 106 Å². The number of carbonyl (C=O) groups excluding carboxylic acids is 1. The van der Waals surface area contributed by atoms with Gasteiger partial charge in [-0.05, 0) is 151 Å². The van der Waals surface area contributed by atoms with Crippen molar-refractivity contribution in [2.45, 2.75) is 128 Å². The summed E-state index contributed by atoms with van der Waals surface area (Å²) >= 11 is 0. The largest absolute Gasteiger partial charge is 0.494 e. The lowest BCUT2D eigenvalue weighted by Gasteiger charge is -2.31. The summed E-state index contributed by atoms with van der Waals surface area (Å²) in [6, 6.07) is 29.0. The zero-order valence-electron chi connectivity index (χ0n) is 37.0. The first kappa shape index (κ1) is 43.3.